The van der Waals surface area contributed by atoms with Gasteiger partial charge in [0.1, 0.15) is 22.7 Å². The Kier molecular flexibility index (Phi) is 4.16. The summed E-state index contributed by atoms with van der Waals surface area (Å²) in [6.07, 6.45) is -0.242. The molecule has 0 bridgehead atoms. The molecule has 21 heavy (non-hydrogen) atoms. The molecule has 0 amide bonds. The number of rotatable bonds is 5. The van der Waals surface area contributed by atoms with E-state index in [1.54, 1.807) is 39.0 Å². The van der Waals surface area contributed by atoms with Crippen molar-refractivity contribution in [2.75, 3.05) is 6.61 Å². The summed E-state index contributed by atoms with van der Waals surface area (Å²) in [5, 5.41) is 9.16. The SMILES string of the molecule is Cc1oc2ccc(OCC(=O)O)cc2c1C(=O)OC(C)C. The van der Waals surface area contributed by atoms with Gasteiger partial charge in [0, 0.05) is 5.39 Å². The normalized spacial score (nSPS) is 10.9. The van der Waals surface area contributed by atoms with Gasteiger partial charge in [0.05, 0.1) is 6.10 Å². The lowest BCUT2D eigenvalue weighted by molar-refractivity contribution is -0.139. The average Bonchev–Trinajstić information content (AvgIpc) is 2.70. The van der Waals surface area contributed by atoms with Gasteiger partial charge in [-0.05, 0) is 39.0 Å². The lowest BCUT2D eigenvalue weighted by Crippen LogP contribution is -2.12. The van der Waals surface area contributed by atoms with Crippen LogP contribution in [0.3, 0.4) is 0 Å². The van der Waals surface area contributed by atoms with Crippen molar-refractivity contribution < 1.29 is 28.6 Å². The van der Waals surface area contributed by atoms with Crippen molar-refractivity contribution in [2.45, 2.75) is 26.9 Å². The number of carbonyl (C=O) groups excluding carboxylic acids is 1. The highest BCUT2D eigenvalue weighted by molar-refractivity contribution is 6.04. The van der Waals surface area contributed by atoms with E-state index < -0.39 is 18.5 Å². The number of aryl methyl sites for hydroxylation is 1. The van der Waals surface area contributed by atoms with Gasteiger partial charge in [-0.2, -0.15) is 0 Å². The van der Waals surface area contributed by atoms with Crippen molar-refractivity contribution in [2.24, 2.45) is 0 Å². The van der Waals surface area contributed by atoms with E-state index in [9.17, 15) is 9.59 Å². The molecule has 0 atom stereocenters. The van der Waals surface area contributed by atoms with Crippen molar-refractivity contribution in [1.29, 1.82) is 0 Å². The number of carbonyl (C=O) groups is 2. The van der Waals surface area contributed by atoms with Gasteiger partial charge >= 0.3 is 11.9 Å². The molecule has 0 aliphatic rings. The second kappa shape index (κ2) is 5.87. The van der Waals surface area contributed by atoms with Gasteiger partial charge in [-0.15, -0.1) is 0 Å². The minimum absolute atomic E-state index is 0.242. The molecular weight excluding hydrogens is 276 g/mol. The summed E-state index contributed by atoms with van der Waals surface area (Å²) in [6.45, 7) is 4.75. The molecule has 1 aromatic carbocycles. The highest BCUT2D eigenvalue weighted by atomic mass is 16.5. The summed E-state index contributed by atoms with van der Waals surface area (Å²) in [4.78, 5) is 22.6. The largest absolute Gasteiger partial charge is 0.482 e. The summed E-state index contributed by atoms with van der Waals surface area (Å²) in [7, 11) is 0. The topological polar surface area (TPSA) is 86.0 Å². The van der Waals surface area contributed by atoms with Crippen molar-refractivity contribution in [3.63, 3.8) is 0 Å². The first-order chi connectivity index (χ1) is 9.88. The van der Waals surface area contributed by atoms with Crippen molar-refractivity contribution in [3.05, 3.63) is 29.5 Å². The number of benzene rings is 1. The van der Waals surface area contributed by atoms with Gasteiger partial charge in [-0.1, -0.05) is 0 Å². The summed E-state index contributed by atoms with van der Waals surface area (Å²) in [6, 6.07) is 4.79. The maximum atomic E-state index is 12.1. The molecule has 6 heteroatoms. The van der Waals surface area contributed by atoms with Gasteiger partial charge in [0.15, 0.2) is 6.61 Å². The summed E-state index contributed by atoms with van der Waals surface area (Å²) in [5.41, 5.74) is 0.852. The zero-order valence-electron chi connectivity index (χ0n) is 12.0. The first-order valence-electron chi connectivity index (χ1n) is 6.47. The van der Waals surface area contributed by atoms with Crippen LogP contribution in [0.4, 0.5) is 0 Å². The van der Waals surface area contributed by atoms with E-state index in [0.717, 1.165) is 0 Å². The molecule has 0 saturated carbocycles. The third kappa shape index (κ3) is 3.34. The van der Waals surface area contributed by atoms with E-state index >= 15 is 0 Å². The zero-order valence-corrected chi connectivity index (χ0v) is 12.0. The summed E-state index contributed by atoms with van der Waals surface area (Å²) >= 11 is 0. The third-order valence-corrected chi connectivity index (χ3v) is 2.74. The fourth-order valence-corrected chi connectivity index (χ4v) is 1.96. The highest BCUT2D eigenvalue weighted by Crippen LogP contribution is 2.29. The quantitative estimate of drug-likeness (QED) is 0.853. The van der Waals surface area contributed by atoms with E-state index in [2.05, 4.69) is 0 Å². The molecule has 0 saturated heterocycles. The van der Waals surface area contributed by atoms with E-state index in [4.69, 9.17) is 19.0 Å². The average molecular weight is 292 g/mol. The highest BCUT2D eigenvalue weighted by Gasteiger charge is 2.21. The van der Waals surface area contributed by atoms with E-state index in [-0.39, 0.29) is 6.10 Å². The fourth-order valence-electron chi connectivity index (χ4n) is 1.96. The van der Waals surface area contributed by atoms with Crippen LogP contribution in [0, 0.1) is 6.92 Å². The number of carboxylic acid groups (broad SMARTS) is 1. The minimum Gasteiger partial charge on any atom is -0.482 e. The van der Waals surface area contributed by atoms with E-state index in [1.165, 1.54) is 0 Å². The number of fused-ring (bicyclic) bond motifs is 1. The second-order valence-electron chi connectivity index (χ2n) is 4.83. The lowest BCUT2D eigenvalue weighted by atomic mass is 10.1. The van der Waals surface area contributed by atoms with Crippen LogP contribution in [-0.2, 0) is 9.53 Å². The molecule has 0 unspecified atom stereocenters. The molecule has 2 aromatic rings. The van der Waals surface area contributed by atoms with Crippen LogP contribution >= 0.6 is 0 Å². The Labute approximate surface area is 121 Å². The van der Waals surface area contributed by atoms with Crippen LogP contribution in [0.1, 0.15) is 30.0 Å². The summed E-state index contributed by atoms with van der Waals surface area (Å²) in [5.74, 6) is -0.745. The first-order valence-corrected chi connectivity index (χ1v) is 6.47. The minimum atomic E-state index is -1.07. The van der Waals surface area contributed by atoms with E-state index in [1.807, 2.05) is 0 Å². The molecule has 112 valence electrons. The number of ether oxygens (including phenoxy) is 2. The molecule has 1 heterocycles. The van der Waals surface area contributed by atoms with Crippen molar-refractivity contribution in [1.82, 2.24) is 0 Å². The molecule has 0 aliphatic heterocycles. The van der Waals surface area contributed by atoms with Gasteiger partial charge in [0.2, 0.25) is 0 Å². The standard InChI is InChI=1S/C15H16O6/c1-8(2)20-15(18)14-9(3)21-12-5-4-10(6-11(12)14)19-7-13(16)17/h4-6,8H,7H2,1-3H3,(H,16,17). The molecule has 0 radical (unpaired) electrons. The van der Waals surface area contributed by atoms with Gasteiger partial charge in [-0.3, -0.25) is 0 Å². The zero-order chi connectivity index (χ0) is 15.6. The number of hydrogen-bond acceptors (Lipinski definition) is 5. The molecule has 0 aliphatic carbocycles. The number of hydrogen-bond donors (Lipinski definition) is 1. The number of aliphatic carboxylic acids is 1. The molecule has 0 fully saturated rings. The van der Waals surface area contributed by atoms with Gasteiger partial charge in [0.25, 0.3) is 0 Å². The Hall–Kier alpha value is -2.50. The molecule has 2 rings (SSSR count). The second-order valence-corrected chi connectivity index (χ2v) is 4.83. The van der Waals surface area contributed by atoms with Crippen molar-refractivity contribution >= 4 is 22.9 Å². The van der Waals surface area contributed by atoms with Crippen molar-refractivity contribution in [3.8, 4) is 5.75 Å². The third-order valence-electron chi connectivity index (χ3n) is 2.74. The molecule has 1 N–H and O–H groups in total. The monoisotopic (exact) mass is 292 g/mol. The Morgan fingerprint density at radius 1 is 1.33 bits per heavy atom. The maximum absolute atomic E-state index is 12.1. The predicted octanol–water partition coefficient (Wildman–Crippen LogP) is 2.77. The Bertz CT molecular complexity index is 683. The van der Waals surface area contributed by atoms with Crippen LogP contribution < -0.4 is 4.74 Å². The fraction of sp³-hybridized carbons (Fsp3) is 0.333. The molecule has 0 spiro atoms. The molecule has 6 nitrogen and oxygen atoms in total. The van der Waals surface area contributed by atoms with Gasteiger partial charge in [-0.25, -0.2) is 9.59 Å². The number of furan rings is 1. The number of esters is 1. The summed E-state index contributed by atoms with van der Waals surface area (Å²) < 4.78 is 15.8. The van der Waals surface area contributed by atoms with Crippen LogP contribution in [0.15, 0.2) is 22.6 Å². The first kappa shape index (κ1) is 14.9. The predicted molar refractivity (Wildman–Crippen MR) is 74.6 cm³/mol. The smallest absolute Gasteiger partial charge is 0.342 e. The van der Waals surface area contributed by atoms with Crippen LogP contribution in [0.25, 0.3) is 11.0 Å². The van der Waals surface area contributed by atoms with Crippen LogP contribution in [-0.4, -0.2) is 29.8 Å². The maximum Gasteiger partial charge on any atom is 0.342 e. The Balaban J connectivity index is 2.39. The molecular formula is C15H16O6. The lowest BCUT2D eigenvalue weighted by Gasteiger charge is -2.07. The Morgan fingerprint density at radius 2 is 2.05 bits per heavy atom. The molecule has 1 aromatic heterocycles. The van der Waals surface area contributed by atoms with Crippen LogP contribution in [0.2, 0.25) is 0 Å². The number of carboxylic acids is 1. The van der Waals surface area contributed by atoms with Gasteiger partial charge < -0.3 is 19.0 Å². The Morgan fingerprint density at radius 3 is 2.67 bits per heavy atom. The van der Waals surface area contributed by atoms with Crippen LogP contribution in [0.5, 0.6) is 5.75 Å². The van der Waals surface area contributed by atoms with E-state index in [0.29, 0.717) is 28.0 Å².